The molecule has 1 atom stereocenters. The number of nitrogens with zero attached hydrogens (tertiary/aromatic N) is 1. The molecule has 17 heavy (non-hydrogen) atoms. The maximum absolute atomic E-state index is 5.47. The van der Waals surface area contributed by atoms with Crippen molar-refractivity contribution in [1.29, 1.82) is 0 Å². The Morgan fingerprint density at radius 1 is 1.18 bits per heavy atom. The zero-order valence-corrected chi connectivity index (χ0v) is 11.7. The Morgan fingerprint density at radius 2 is 1.76 bits per heavy atom. The van der Waals surface area contributed by atoms with Crippen LogP contribution in [0, 0.1) is 5.92 Å². The molecule has 100 valence electrons. The van der Waals surface area contributed by atoms with E-state index in [1.54, 1.807) is 0 Å². The highest BCUT2D eigenvalue weighted by molar-refractivity contribution is 4.98. The topological polar surface area (TPSA) is 24.5 Å². The van der Waals surface area contributed by atoms with Crippen molar-refractivity contribution in [2.75, 3.05) is 33.4 Å². The molecule has 0 radical (unpaired) electrons. The monoisotopic (exact) mass is 240 g/mol. The van der Waals surface area contributed by atoms with Gasteiger partial charge in [-0.1, -0.05) is 12.8 Å². The third-order valence-electron chi connectivity index (χ3n) is 4.77. The lowest BCUT2D eigenvalue weighted by Crippen LogP contribution is -2.61. The average molecular weight is 240 g/mol. The number of morpholine rings is 1. The van der Waals surface area contributed by atoms with Crippen LogP contribution in [0.4, 0.5) is 0 Å². The first-order chi connectivity index (χ1) is 8.16. The summed E-state index contributed by atoms with van der Waals surface area (Å²) in [6, 6.07) is 0.614. The maximum atomic E-state index is 5.47. The molecule has 1 saturated heterocycles. The van der Waals surface area contributed by atoms with Crippen molar-refractivity contribution in [1.82, 2.24) is 10.2 Å². The molecule has 2 fully saturated rings. The van der Waals surface area contributed by atoms with Crippen molar-refractivity contribution >= 4 is 0 Å². The summed E-state index contributed by atoms with van der Waals surface area (Å²) in [5.74, 6) is 0.859. The van der Waals surface area contributed by atoms with Crippen LogP contribution in [-0.2, 0) is 4.74 Å². The molecule has 0 aromatic heterocycles. The molecule has 3 heteroatoms. The SMILES string of the molecule is CNC(C1CCCC1)C(C)(C)N1CCOCC1. The smallest absolute Gasteiger partial charge is 0.0594 e. The van der Waals surface area contributed by atoms with Crippen LogP contribution < -0.4 is 5.32 Å². The minimum absolute atomic E-state index is 0.244. The molecule has 0 aromatic carbocycles. The second kappa shape index (κ2) is 5.68. The fourth-order valence-electron chi connectivity index (χ4n) is 3.79. The van der Waals surface area contributed by atoms with Gasteiger partial charge in [0, 0.05) is 24.7 Å². The highest BCUT2D eigenvalue weighted by Gasteiger charge is 2.40. The van der Waals surface area contributed by atoms with Gasteiger partial charge in [0.25, 0.3) is 0 Å². The molecule has 0 spiro atoms. The molecular weight excluding hydrogens is 212 g/mol. The van der Waals surface area contributed by atoms with Gasteiger partial charge < -0.3 is 10.1 Å². The van der Waals surface area contributed by atoms with Crippen LogP contribution in [0.1, 0.15) is 39.5 Å². The molecule has 1 heterocycles. The van der Waals surface area contributed by atoms with E-state index in [1.165, 1.54) is 25.7 Å². The summed E-state index contributed by atoms with van der Waals surface area (Å²) in [4.78, 5) is 2.61. The second-order valence-corrected chi connectivity index (χ2v) is 6.06. The first-order valence-electron chi connectivity index (χ1n) is 7.16. The summed E-state index contributed by atoms with van der Waals surface area (Å²) in [6.45, 7) is 8.75. The average Bonchev–Trinajstić information content (AvgIpc) is 2.84. The zero-order chi connectivity index (χ0) is 12.3. The van der Waals surface area contributed by atoms with E-state index in [9.17, 15) is 0 Å². The van der Waals surface area contributed by atoms with Crippen LogP contribution in [0.3, 0.4) is 0 Å². The molecule has 1 unspecified atom stereocenters. The van der Waals surface area contributed by atoms with E-state index in [4.69, 9.17) is 4.74 Å². The van der Waals surface area contributed by atoms with E-state index in [0.29, 0.717) is 6.04 Å². The summed E-state index contributed by atoms with van der Waals surface area (Å²) in [5.41, 5.74) is 0.244. The number of hydrogen-bond donors (Lipinski definition) is 1. The largest absolute Gasteiger partial charge is 0.379 e. The molecule has 3 nitrogen and oxygen atoms in total. The summed E-state index contributed by atoms with van der Waals surface area (Å²) in [7, 11) is 2.13. The summed E-state index contributed by atoms with van der Waals surface area (Å²) < 4.78 is 5.47. The van der Waals surface area contributed by atoms with Crippen LogP contribution in [0.2, 0.25) is 0 Å². The number of nitrogens with one attached hydrogen (secondary N) is 1. The van der Waals surface area contributed by atoms with Gasteiger partial charge in [-0.15, -0.1) is 0 Å². The lowest BCUT2D eigenvalue weighted by atomic mass is 9.82. The van der Waals surface area contributed by atoms with E-state index in [1.807, 2.05) is 0 Å². The third kappa shape index (κ3) is 2.83. The predicted octanol–water partition coefficient (Wildman–Crippen LogP) is 1.88. The van der Waals surface area contributed by atoms with Gasteiger partial charge in [0.1, 0.15) is 0 Å². The van der Waals surface area contributed by atoms with Crippen LogP contribution in [0.25, 0.3) is 0 Å². The molecule has 0 bridgehead atoms. The van der Waals surface area contributed by atoms with Crippen LogP contribution in [-0.4, -0.2) is 49.8 Å². The van der Waals surface area contributed by atoms with Crippen LogP contribution in [0.15, 0.2) is 0 Å². The van der Waals surface area contributed by atoms with Gasteiger partial charge in [-0.2, -0.15) is 0 Å². The van der Waals surface area contributed by atoms with Gasteiger partial charge in [-0.25, -0.2) is 0 Å². The highest BCUT2D eigenvalue weighted by atomic mass is 16.5. The van der Waals surface area contributed by atoms with E-state index < -0.39 is 0 Å². The van der Waals surface area contributed by atoms with Gasteiger partial charge in [-0.05, 0) is 39.7 Å². The Hall–Kier alpha value is -0.120. The Labute approximate surface area is 106 Å². The van der Waals surface area contributed by atoms with Crippen molar-refractivity contribution < 1.29 is 4.74 Å². The molecular formula is C14H28N2O. The van der Waals surface area contributed by atoms with E-state index in [-0.39, 0.29) is 5.54 Å². The molecule has 1 aliphatic heterocycles. The van der Waals surface area contributed by atoms with Gasteiger partial charge in [-0.3, -0.25) is 4.90 Å². The Balaban J connectivity index is 2.04. The van der Waals surface area contributed by atoms with Crippen molar-refractivity contribution in [3.8, 4) is 0 Å². The Bertz CT molecular complexity index is 230. The minimum atomic E-state index is 0.244. The van der Waals surface area contributed by atoms with Crippen molar-refractivity contribution in [2.24, 2.45) is 5.92 Å². The summed E-state index contributed by atoms with van der Waals surface area (Å²) in [6.07, 6.45) is 5.64. The first kappa shape index (κ1) is 13.3. The molecule has 1 N–H and O–H groups in total. The van der Waals surface area contributed by atoms with Crippen molar-refractivity contribution in [3.63, 3.8) is 0 Å². The number of ether oxygens (including phenoxy) is 1. The predicted molar refractivity (Wildman–Crippen MR) is 71.3 cm³/mol. The van der Waals surface area contributed by atoms with Crippen LogP contribution >= 0.6 is 0 Å². The second-order valence-electron chi connectivity index (χ2n) is 6.06. The molecule has 1 aliphatic carbocycles. The lowest BCUT2D eigenvalue weighted by Gasteiger charge is -2.47. The summed E-state index contributed by atoms with van der Waals surface area (Å²) >= 11 is 0. The number of hydrogen-bond acceptors (Lipinski definition) is 3. The van der Waals surface area contributed by atoms with Gasteiger partial charge in [0.2, 0.25) is 0 Å². The van der Waals surface area contributed by atoms with E-state index in [0.717, 1.165) is 32.2 Å². The number of rotatable bonds is 4. The summed E-state index contributed by atoms with van der Waals surface area (Å²) in [5, 5.41) is 3.60. The van der Waals surface area contributed by atoms with Gasteiger partial charge >= 0.3 is 0 Å². The van der Waals surface area contributed by atoms with Crippen molar-refractivity contribution in [3.05, 3.63) is 0 Å². The zero-order valence-electron chi connectivity index (χ0n) is 11.7. The van der Waals surface area contributed by atoms with Crippen molar-refractivity contribution in [2.45, 2.75) is 51.1 Å². The lowest BCUT2D eigenvalue weighted by molar-refractivity contribution is -0.0302. The third-order valence-corrected chi connectivity index (χ3v) is 4.77. The molecule has 2 rings (SSSR count). The quantitative estimate of drug-likeness (QED) is 0.812. The van der Waals surface area contributed by atoms with E-state index in [2.05, 4.69) is 31.1 Å². The molecule has 0 amide bonds. The highest BCUT2D eigenvalue weighted by Crippen LogP contribution is 2.34. The molecule has 0 aromatic rings. The van der Waals surface area contributed by atoms with Crippen LogP contribution in [0.5, 0.6) is 0 Å². The standard InChI is InChI=1S/C14H28N2O/c1-14(2,16-8-10-17-11-9-16)13(15-3)12-6-4-5-7-12/h12-13,15H,4-11H2,1-3H3. The Kier molecular flexibility index (Phi) is 4.45. The molecule has 2 aliphatic rings. The Morgan fingerprint density at radius 3 is 2.29 bits per heavy atom. The first-order valence-corrected chi connectivity index (χ1v) is 7.16. The normalized spacial score (nSPS) is 26.3. The van der Waals surface area contributed by atoms with E-state index >= 15 is 0 Å². The fourth-order valence-corrected chi connectivity index (χ4v) is 3.79. The minimum Gasteiger partial charge on any atom is -0.379 e. The van der Waals surface area contributed by atoms with Gasteiger partial charge in [0.15, 0.2) is 0 Å². The van der Waals surface area contributed by atoms with Gasteiger partial charge in [0.05, 0.1) is 13.2 Å². The maximum Gasteiger partial charge on any atom is 0.0594 e. The number of likely N-dealkylation sites (N-methyl/N-ethyl adjacent to an activating group) is 1. The molecule has 1 saturated carbocycles. The fraction of sp³-hybridized carbons (Fsp3) is 1.00.